The summed E-state index contributed by atoms with van der Waals surface area (Å²) in [6, 6.07) is 17.2. The smallest absolute Gasteiger partial charge is 0.255 e. The van der Waals surface area contributed by atoms with Gasteiger partial charge in [-0.1, -0.05) is 41.6 Å². The number of hydrogen-bond donors (Lipinski definition) is 1. The Hall–Kier alpha value is -4.15. The van der Waals surface area contributed by atoms with Crippen LogP contribution in [-0.4, -0.2) is 37.9 Å². The number of hydrogen-bond acceptors (Lipinski definition) is 8. The molecule has 4 aromatic heterocycles. The van der Waals surface area contributed by atoms with Crippen molar-refractivity contribution in [1.29, 1.82) is 0 Å². The summed E-state index contributed by atoms with van der Waals surface area (Å²) in [5.74, 6) is 0.693. The van der Waals surface area contributed by atoms with Gasteiger partial charge >= 0.3 is 0 Å². The Balaban J connectivity index is 1.35. The number of thiophene rings is 1. The molecule has 5 rings (SSSR count). The van der Waals surface area contributed by atoms with Crippen molar-refractivity contribution in [3.05, 3.63) is 89.3 Å². The van der Waals surface area contributed by atoms with Gasteiger partial charge in [0.25, 0.3) is 11.9 Å². The lowest BCUT2D eigenvalue weighted by molar-refractivity contribution is 0.0944. The molecular formula is C24H20N6O3S. The van der Waals surface area contributed by atoms with E-state index in [-0.39, 0.29) is 19.1 Å². The second kappa shape index (κ2) is 9.77. The topological polar surface area (TPSA) is 108 Å². The fourth-order valence-corrected chi connectivity index (χ4v) is 4.12. The Morgan fingerprint density at radius 3 is 2.85 bits per heavy atom. The van der Waals surface area contributed by atoms with Gasteiger partial charge in [-0.3, -0.25) is 4.79 Å². The summed E-state index contributed by atoms with van der Waals surface area (Å²) in [7, 11) is 1.56. The Kier molecular flexibility index (Phi) is 6.23. The van der Waals surface area contributed by atoms with Crippen molar-refractivity contribution in [2.75, 3.05) is 7.11 Å². The van der Waals surface area contributed by atoms with Gasteiger partial charge in [-0.25, -0.2) is 9.97 Å². The molecule has 0 saturated heterocycles. The molecule has 0 aliphatic carbocycles. The van der Waals surface area contributed by atoms with Gasteiger partial charge in [0, 0.05) is 24.9 Å². The van der Waals surface area contributed by atoms with Crippen LogP contribution in [0.15, 0.2) is 76.9 Å². The molecule has 0 fully saturated rings. The van der Waals surface area contributed by atoms with Crippen LogP contribution in [0.25, 0.3) is 27.8 Å². The third kappa shape index (κ3) is 4.49. The van der Waals surface area contributed by atoms with Crippen LogP contribution < -0.4 is 5.32 Å². The van der Waals surface area contributed by atoms with Crippen LogP contribution >= 0.6 is 11.3 Å². The Labute approximate surface area is 199 Å². The molecule has 0 bridgehead atoms. The molecule has 9 nitrogen and oxygen atoms in total. The molecule has 0 aliphatic heterocycles. The largest absolute Gasteiger partial charge is 0.378 e. The van der Waals surface area contributed by atoms with E-state index in [4.69, 9.17) is 9.26 Å². The summed E-state index contributed by atoms with van der Waals surface area (Å²) >= 11 is 1.59. The molecule has 0 spiro atoms. The van der Waals surface area contributed by atoms with Gasteiger partial charge in [0.05, 0.1) is 41.2 Å². The third-order valence-corrected chi connectivity index (χ3v) is 5.94. The zero-order valence-corrected chi connectivity index (χ0v) is 19.0. The minimum Gasteiger partial charge on any atom is -0.378 e. The van der Waals surface area contributed by atoms with E-state index in [1.165, 1.54) is 10.9 Å². The molecule has 5 aromatic rings. The quantitative estimate of drug-likeness (QED) is 0.362. The minimum atomic E-state index is -0.308. The maximum Gasteiger partial charge on any atom is 0.255 e. The van der Waals surface area contributed by atoms with Crippen molar-refractivity contribution < 1.29 is 14.1 Å². The molecule has 10 heteroatoms. The van der Waals surface area contributed by atoms with Crippen molar-refractivity contribution in [2.45, 2.75) is 13.2 Å². The first-order valence-electron chi connectivity index (χ1n) is 10.5. The molecule has 1 N–H and O–H groups in total. The first kappa shape index (κ1) is 21.7. The number of nitrogens with zero attached hydrogens (tertiary/aromatic N) is 5. The van der Waals surface area contributed by atoms with E-state index >= 15 is 0 Å². The molecule has 0 unspecified atom stereocenters. The van der Waals surface area contributed by atoms with Gasteiger partial charge in [0.1, 0.15) is 5.69 Å². The molecule has 4 heterocycles. The summed E-state index contributed by atoms with van der Waals surface area (Å²) in [5.41, 5.74) is 3.23. The maximum atomic E-state index is 13.0. The van der Waals surface area contributed by atoms with Crippen LogP contribution in [0.3, 0.4) is 0 Å². The Morgan fingerprint density at radius 2 is 2.06 bits per heavy atom. The van der Waals surface area contributed by atoms with Crippen LogP contribution in [0.2, 0.25) is 0 Å². The summed E-state index contributed by atoms with van der Waals surface area (Å²) < 4.78 is 12.3. The van der Waals surface area contributed by atoms with E-state index in [9.17, 15) is 4.79 Å². The fraction of sp³-hybridized carbons (Fsp3) is 0.125. The number of carbonyl (C=O) groups excluding carboxylic acids is 1. The fourth-order valence-electron chi connectivity index (χ4n) is 3.42. The molecule has 0 aliphatic rings. The Morgan fingerprint density at radius 1 is 1.18 bits per heavy atom. The zero-order valence-electron chi connectivity index (χ0n) is 18.2. The number of aromatic nitrogens is 5. The van der Waals surface area contributed by atoms with Crippen LogP contribution in [0.1, 0.15) is 21.7 Å². The zero-order chi connectivity index (χ0) is 23.3. The van der Waals surface area contributed by atoms with E-state index in [0.29, 0.717) is 28.7 Å². The molecular weight excluding hydrogens is 452 g/mol. The predicted octanol–water partition coefficient (Wildman–Crippen LogP) is 4.12. The van der Waals surface area contributed by atoms with Crippen molar-refractivity contribution in [2.24, 2.45) is 0 Å². The van der Waals surface area contributed by atoms with Crippen molar-refractivity contribution in [3.63, 3.8) is 0 Å². The van der Waals surface area contributed by atoms with E-state index in [1.807, 2.05) is 53.9 Å². The standard InChI is InChI=1S/C24H20N6O3S/c1-32-15-20-18(14-27-30(20)24-25-10-9-19(28-24)22-8-5-11-34-22)23(31)26-13-17-12-21(33-29-17)16-6-3-2-4-7-16/h2-12,14H,13,15H2,1H3,(H,26,31). The Bertz CT molecular complexity index is 1400. The third-order valence-electron chi connectivity index (χ3n) is 5.05. The van der Waals surface area contributed by atoms with Gasteiger partial charge in [0.15, 0.2) is 5.76 Å². The van der Waals surface area contributed by atoms with Crippen molar-refractivity contribution >= 4 is 17.2 Å². The first-order chi connectivity index (χ1) is 16.7. The van der Waals surface area contributed by atoms with Gasteiger partial charge < -0.3 is 14.6 Å². The second-order valence-electron chi connectivity index (χ2n) is 7.30. The first-order valence-corrected chi connectivity index (χ1v) is 11.3. The molecule has 34 heavy (non-hydrogen) atoms. The number of methoxy groups -OCH3 is 1. The number of carbonyl (C=O) groups is 1. The SMILES string of the molecule is COCc1c(C(=O)NCc2cc(-c3ccccc3)on2)cnn1-c1nccc(-c2cccs2)n1. The summed E-state index contributed by atoms with van der Waals surface area (Å²) in [6.45, 7) is 0.370. The summed E-state index contributed by atoms with van der Waals surface area (Å²) in [4.78, 5) is 23.0. The molecule has 0 radical (unpaired) electrons. The number of ether oxygens (including phenoxy) is 1. The van der Waals surface area contributed by atoms with E-state index in [0.717, 1.165) is 16.1 Å². The number of benzene rings is 1. The van der Waals surface area contributed by atoms with Crippen LogP contribution in [0.5, 0.6) is 0 Å². The highest BCUT2D eigenvalue weighted by atomic mass is 32.1. The monoisotopic (exact) mass is 472 g/mol. The molecule has 1 aromatic carbocycles. The lowest BCUT2D eigenvalue weighted by Crippen LogP contribution is -2.24. The highest BCUT2D eigenvalue weighted by Crippen LogP contribution is 2.24. The molecule has 170 valence electrons. The normalized spacial score (nSPS) is 11.0. The van der Waals surface area contributed by atoms with E-state index in [1.54, 1.807) is 30.7 Å². The highest BCUT2D eigenvalue weighted by molar-refractivity contribution is 7.13. The van der Waals surface area contributed by atoms with Crippen molar-refractivity contribution in [1.82, 2.24) is 30.2 Å². The van der Waals surface area contributed by atoms with Gasteiger partial charge in [-0.05, 0) is 17.5 Å². The van der Waals surface area contributed by atoms with Crippen molar-refractivity contribution in [3.8, 4) is 27.8 Å². The van der Waals surface area contributed by atoms with Crippen LogP contribution in [0, 0.1) is 0 Å². The summed E-state index contributed by atoms with van der Waals surface area (Å²) in [5, 5.41) is 13.3. The van der Waals surface area contributed by atoms with Gasteiger partial charge in [0.2, 0.25) is 0 Å². The number of nitrogens with one attached hydrogen (secondary N) is 1. The maximum absolute atomic E-state index is 13.0. The average Bonchev–Trinajstić information content (AvgIpc) is 3.65. The van der Waals surface area contributed by atoms with Crippen LogP contribution in [0.4, 0.5) is 0 Å². The predicted molar refractivity (Wildman–Crippen MR) is 126 cm³/mol. The second-order valence-corrected chi connectivity index (χ2v) is 8.25. The minimum absolute atomic E-state index is 0.164. The van der Waals surface area contributed by atoms with E-state index in [2.05, 4.69) is 25.5 Å². The van der Waals surface area contributed by atoms with Gasteiger partial charge in [-0.2, -0.15) is 9.78 Å². The number of amides is 1. The molecule has 1 amide bonds. The van der Waals surface area contributed by atoms with Gasteiger partial charge in [-0.15, -0.1) is 11.3 Å². The van der Waals surface area contributed by atoms with Crippen LogP contribution in [-0.2, 0) is 17.9 Å². The summed E-state index contributed by atoms with van der Waals surface area (Å²) in [6.07, 6.45) is 3.16. The highest BCUT2D eigenvalue weighted by Gasteiger charge is 2.20. The average molecular weight is 473 g/mol. The lowest BCUT2D eigenvalue weighted by Gasteiger charge is -2.08. The number of rotatable bonds is 8. The molecule has 0 saturated carbocycles. The molecule has 0 atom stereocenters. The van der Waals surface area contributed by atoms with E-state index < -0.39 is 0 Å². The lowest BCUT2D eigenvalue weighted by atomic mass is 10.1.